The van der Waals surface area contributed by atoms with Crippen LogP contribution in [0, 0.1) is 0 Å². The minimum atomic E-state index is -0.817. The summed E-state index contributed by atoms with van der Waals surface area (Å²) in [6, 6.07) is 9.97. The third kappa shape index (κ3) is 4.83. The lowest BCUT2D eigenvalue weighted by Gasteiger charge is -2.14. The number of nitrogens with zero attached hydrogens (tertiary/aromatic N) is 1. The molecule has 4 rings (SSSR count). The molecule has 1 aliphatic rings. The number of H-pyrrole nitrogens is 1. The zero-order valence-electron chi connectivity index (χ0n) is 18.9. The summed E-state index contributed by atoms with van der Waals surface area (Å²) in [5.74, 6) is -2.67. The minimum absolute atomic E-state index is 0.0134. The van der Waals surface area contributed by atoms with Gasteiger partial charge < -0.3 is 25.1 Å². The van der Waals surface area contributed by atoms with Gasteiger partial charge >= 0.3 is 18.0 Å². The number of urea groups is 1. The number of carbonyl (C=O) groups is 5. The fourth-order valence-corrected chi connectivity index (χ4v) is 3.90. The van der Waals surface area contributed by atoms with Gasteiger partial charge in [-0.3, -0.25) is 14.5 Å². The molecule has 0 radical (unpaired) electrons. The number of anilines is 1. The molecule has 2 aromatic carbocycles. The van der Waals surface area contributed by atoms with E-state index in [1.807, 2.05) is 24.3 Å². The lowest BCUT2D eigenvalue weighted by molar-refractivity contribution is -0.130. The number of aromatic nitrogens is 1. The van der Waals surface area contributed by atoms with Gasteiger partial charge in [0.15, 0.2) is 0 Å². The van der Waals surface area contributed by atoms with Crippen LogP contribution in [0.3, 0.4) is 0 Å². The lowest BCUT2D eigenvalue weighted by Crippen LogP contribution is -2.38. The molecule has 1 saturated heterocycles. The highest BCUT2D eigenvalue weighted by Crippen LogP contribution is 2.22. The molecule has 4 amide bonds. The standard InChI is InChI=1S/C24H22N4O7/c1-34-22(31)13-7-14(23(32)35-2)9-16(8-13)26-20(29)12-28-21(30)19(27-24(28)33)10-15-11-25-18-6-4-3-5-17(15)18/h3-9,11,19,25H,10,12H2,1-2H3,(H,26,29)(H,27,33). The van der Waals surface area contributed by atoms with E-state index in [-0.39, 0.29) is 23.2 Å². The first kappa shape index (κ1) is 23.5. The number of esters is 2. The molecule has 3 aromatic rings. The number of rotatable bonds is 7. The molecule has 0 spiro atoms. The Morgan fingerprint density at radius 1 is 1.00 bits per heavy atom. The number of carbonyl (C=O) groups excluding carboxylic acids is 5. The number of ether oxygens (including phenoxy) is 2. The molecule has 1 aliphatic heterocycles. The summed E-state index contributed by atoms with van der Waals surface area (Å²) >= 11 is 0. The summed E-state index contributed by atoms with van der Waals surface area (Å²) in [4.78, 5) is 65.7. The maximum absolute atomic E-state index is 12.9. The van der Waals surface area contributed by atoms with Gasteiger partial charge in [0.25, 0.3) is 5.91 Å². The largest absolute Gasteiger partial charge is 0.465 e. The number of benzene rings is 2. The number of hydrogen-bond acceptors (Lipinski definition) is 7. The highest BCUT2D eigenvalue weighted by molar-refractivity contribution is 6.08. The van der Waals surface area contributed by atoms with Crippen LogP contribution in [0.25, 0.3) is 10.9 Å². The monoisotopic (exact) mass is 478 g/mol. The molecular formula is C24H22N4O7. The fraction of sp³-hybridized carbons (Fsp3) is 0.208. The van der Waals surface area contributed by atoms with Crippen LogP contribution in [0.4, 0.5) is 10.5 Å². The molecule has 0 bridgehead atoms. The number of imide groups is 1. The summed E-state index contributed by atoms with van der Waals surface area (Å²) in [5.41, 5.74) is 1.90. The Balaban J connectivity index is 1.46. The molecule has 1 fully saturated rings. The van der Waals surface area contributed by atoms with Crippen molar-refractivity contribution in [3.63, 3.8) is 0 Å². The third-order valence-electron chi connectivity index (χ3n) is 5.57. The zero-order chi connectivity index (χ0) is 25.1. The summed E-state index contributed by atoms with van der Waals surface area (Å²) < 4.78 is 9.34. The van der Waals surface area contributed by atoms with E-state index in [4.69, 9.17) is 0 Å². The van der Waals surface area contributed by atoms with Gasteiger partial charge in [-0.25, -0.2) is 14.4 Å². The summed E-state index contributed by atoms with van der Waals surface area (Å²) in [7, 11) is 2.35. The van der Waals surface area contributed by atoms with Crippen molar-refractivity contribution in [3.8, 4) is 0 Å². The van der Waals surface area contributed by atoms with Gasteiger partial charge in [0.1, 0.15) is 12.6 Å². The van der Waals surface area contributed by atoms with Crippen LogP contribution in [0.15, 0.2) is 48.7 Å². The molecule has 3 N–H and O–H groups in total. The number of nitrogens with one attached hydrogen (secondary N) is 3. The van der Waals surface area contributed by atoms with E-state index < -0.39 is 42.4 Å². The number of amides is 4. The quantitative estimate of drug-likeness (QED) is 0.347. The van der Waals surface area contributed by atoms with Crippen LogP contribution in [-0.2, 0) is 25.5 Å². The van der Waals surface area contributed by atoms with Crippen molar-refractivity contribution in [2.24, 2.45) is 0 Å². The van der Waals surface area contributed by atoms with Gasteiger partial charge in [-0.15, -0.1) is 0 Å². The first-order valence-corrected chi connectivity index (χ1v) is 10.6. The Labute approximate surface area is 199 Å². The van der Waals surface area contributed by atoms with Crippen molar-refractivity contribution >= 4 is 46.4 Å². The molecule has 1 atom stereocenters. The predicted octanol–water partition coefficient (Wildman–Crippen LogP) is 1.84. The van der Waals surface area contributed by atoms with Crippen molar-refractivity contribution < 1.29 is 33.4 Å². The Morgan fingerprint density at radius 2 is 1.66 bits per heavy atom. The molecule has 2 heterocycles. The van der Waals surface area contributed by atoms with Crippen LogP contribution >= 0.6 is 0 Å². The van der Waals surface area contributed by atoms with Gasteiger partial charge in [0.05, 0.1) is 25.3 Å². The smallest absolute Gasteiger partial charge is 0.337 e. The molecule has 35 heavy (non-hydrogen) atoms. The van der Waals surface area contributed by atoms with Crippen molar-refractivity contribution in [2.45, 2.75) is 12.5 Å². The van der Waals surface area contributed by atoms with Crippen LogP contribution < -0.4 is 10.6 Å². The Bertz CT molecular complexity index is 1310. The Hall–Kier alpha value is -4.67. The zero-order valence-corrected chi connectivity index (χ0v) is 18.9. The van der Waals surface area contributed by atoms with E-state index in [0.29, 0.717) is 0 Å². The van der Waals surface area contributed by atoms with E-state index in [1.54, 1.807) is 6.20 Å². The van der Waals surface area contributed by atoms with Crippen LogP contribution in [0.5, 0.6) is 0 Å². The highest BCUT2D eigenvalue weighted by atomic mass is 16.5. The van der Waals surface area contributed by atoms with Gasteiger partial charge in [0, 0.05) is 29.2 Å². The SMILES string of the molecule is COC(=O)c1cc(NC(=O)CN2C(=O)NC(Cc3c[nH]c4ccccc34)C2=O)cc(C(=O)OC)c1. The average molecular weight is 478 g/mol. The second-order valence-electron chi connectivity index (χ2n) is 7.82. The number of para-hydroxylation sites is 1. The van der Waals surface area contributed by atoms with E-state index in [9.17, 15) is 24.0 Å². The number of aromatic amines is 1. The number of fused-ring (bicyclic) bond motifs is 1. The molecule has 11 heteroatoms. The highest BCUT2D eigenvalue weighted by Gasteiger charge is 2.39. The van der Waals surface area contributed by atoms with E-state index in [1.165, 1.54) is 32.4 Å². The first-order valence-electron chi connectivity index (χ1n) is 10.6. The van der Waals surface area contributed by atoms with Gasteiger partial charge in [-0.1, -0.05) is 18.2 Å². The number of hydrogen-bond donors (Lipinski definition) is 3. The summed E-state index contributed by atoms with van der Waals surface area (Å²) in [6.45, 7) is -0.551. The number of methoxy groups -OCH3 is 2. The molecular weight excluding hydrogens is 456 g/mol. The van der Waals surface area contributed by atoms with Gasteiger partial charge in [-0.05, 0) is 29.8 Å². The maximum atomic E-state index is 12.9. The minimum Gasteiger partial charge on any atom is -0.465 e. The fourth-order valence-electron chi connectivity index (χ4n) is 3.90. The lowest BCUT2D eigenvalue weighted by atomic mass is 10.1. The van der Waals surface area contributed by atoms with Gasteiger partial charge in [0.2, 0.25) is 5.91 Å². The Morgan fingerprint density at radius 3 is 2.31 bits per heavy atom. The predicted molar refractivity (Wildman–Crippen MR) is 124 cm³/mol. The van der Waals surface area contributed by atoms with Crippen molar-refractivity contribution in [1.29, 1.82) is 0 Å². The molecule has 0 aliphatic carbocycles. The van der Waals surface area contributed by atoms with Crippen molar-refractivity contribution in [2.75, 3.05) is 26.1 Å². The third-order valence-corrected chi connectivity index (χ3v) is 5.57. The van der Waals surface area contributed by atoms with Crippen LogP contribution in [-0.4, -0.2) is 66.5 Å². The topological polar surface area (TPSA) is 147 Å². The van der Waals surface area contributed by atoms with Crippen molar-refractivity contribution in [3.05, 3.63) is 65.4 Å². The van der Waals surface area contributed by atoms with E-state index in [2.05, 4.69) is 25.1 Å². The van der Waals surface area contributed by atoms with Crippen molar-refractivity contribution in [1.82, 2.24) is 15.2 Å². The summed E-state index contributed by atoms with van der Waals surface area (Å²) in [5, 5.41) is 6.05. The molecule has 1 unspecified atom stereocenters. The summed E-state index contributed by atoms with van der Waals surface area (Å²) in [6.07, 6.45) is 2.04. The average Bonchev–Trinajstić information content (AvgIpc) is 3.38. The molecule has 1 aromatic heterocycles. The molecule has 11 nitrogen and oxygen atoms in total. The second kappa shape index (κ2) is 9.67. The van der Waals surface area contributed by atoms with Crippen LogP contribution in [0.2, 0.25) is 0 Å². The van der Waals surface area contributed by atoms with Crippen LogP contribution in [0.1, 0.15) is 26.3 Å². The van der Waals surface area contributed by atoms with E-state index in [0.717, 1.165) is 21.4 Å². The van der Waals surface area contributed by atoms with Gasteiger partial charge in [-0.2, -0.15) is 0 Å². The molecule has 0 saturated carbocycles. The molecule has 180 valence electrons. The maximum Gasteiger partial charge on any atom is 0.337 e. The second-order valence-corrected chi connectivity index (χ2v) is 7.82. The van der Waals surface area contributed by atoms with E-state index >= 15 is 0 Å². The Kier molecular flexibility index (Phi) is 6.49. The first-order chi connectivity index (χ1) is 16.8. The normalized spacial score (nSPS) is 15.1.